The van der Waals surface area contributed by atoms with Gasteiger partial charge in [0.1, 0.15) is 22.3 Å². The predicted octanol–water partition coefficient (Wildman–Crippen LogP) is 7.19. The Balaban J connectivity index is 1.30. The molecule has 0 bridgehead atoms. The van der Waals surface area contributed by atoms with Gasteiger partial charge in [-0.25, -0.2) is 15.0 Å². The van der Waals surface area contributed by atoms with Gasteiger partial charge in [0.2, 0.25) is 0 Å². The van der Waals surface area contributed by atoms with Gasteiger partial charge >= 0.3 is 8.60 Å². The van der Waals surface area contributed by atoms with Crippen molar-refractivity contribution in [1.82, 2.24) is 19.9 Å². The van der Waals surface area contributed by atoms with E-state index in [4.69, 9.17) is 25.2 Å². The molecule has 0 unspecified atom stereocenters. The van der Waals surface area contributed by atoms with E-state index in [0.29, 0.717) is 39.0 Å². The Labute approximate surface area is 270 Å². The number of hydrogen-bond acceptors (Lipinski definition) is 11. The standard InChI is InChI=1S/C30H43ClN7O4PS/c1-20-10-9-11-22(31)26(20)36-27(39)23-19-32-28(44-23)35-24-18-25(34-21(2)33-24)38-14-12-37(13-15-38)16-17-40-43(41-29(3,4)5)42-30(6,7)8/h9-11,18-19H,12-17H2,1-8H3,(H,36,39)(H,32,33,34,35). The van der Waals surface area contributed by atoms with Gasteiger partial charge in [0.15, 0.2) is 5.13 Å². The van der Waals surface area contributed by atoms with E-state index >= 15 is 0 Å². The molecule has 1 aliphatic heterocycles. The lowest BCUT2D eigenvalue weighted by molar-refractivity contribution is 0.0301. The molecule has 1 aliphatic rings. The van der Waals surface area contributed by atoms with Gasteiger partial charge in [-0.2, -0.15) is 0 Å². The molecule has 0 radical (unpaired) electrons. The normalized spacial score (nSPS) is 14.7. The van der Waals surface area contributed by atoms with Gasteiger partial charge in [-0.05, 0) is 67.0 Å². The first-order valence-corrected chi connectivity index (χ1v) is 16.9. The molecule has 3 aromatic rings. The van der Waals surface area contributed by atoms with Gasteiger partial charge in [-0.15, -0.1) is 0 Å². The molecule has 14 heteroatoms. The molecule has 1 saturated heterocycles. The van der Waals surface area contributed by atoms with Crippen molar-refractivity contribution in [2.24, 2.45) is 0 Å². The molecular weight excluding hydrogens is 621 g/mol. The fourth-order valence-electron chi connectivity index (χ4n) is 4.25. The van der Waals surface area contributed by atoms with E-state index in [1.165, 1.54) is 11.3 Å². The first kappa shape index (κ1) is 34.4. The third-order valence-electron chi connectivity index (χ3n) is 6.25. The highest BCUT2D eigenvalue weighted by Crippen LogP contribution is 2.47. The Morgan fingerprint density at radius 3 is 2.36 bits per heavy atom. The Bertz CT molecular complexity index is 1380. The van der Waals surface area contributed by atoms with E-state index in [9.17, 15) is 4.79 Å². The lowest BCUT2D eigenvalue weighted by Crippen LogP contribution is -2.47. The maximum atomic E-state index is 12.9. The van der Waals surface area contributed by atoms with Crippen molar-refractivity contribution in [3.05, 3.63) is 51.7 Å². The van der Waals surface area contributed by atoms with Crippen LogP contribution in [-0.2, 0) is 13.6 Å². The van der Waals surface area contributed by atoms with E-state index < -0.39 is 8.60 Å². The van der Waals surface area contributed by atoms with Crippen LogP contribution in [0.4, 0.5) is 22.5 Å². The van der Waals surface area contributed by atoms with E-state index in [-0.39, 0.29) is 17.1 Å². The number of benzene rings is 1. The molecule has 2 N–H and O–H groups in total. The molecule has 0 saturated carbocycles. The minimum Gasteiger partial charge on any atom is -0.354 e. The topological polar surface area (TPSA) is 114 Å². The molecule has 1 amide bonds. The highest BCUT2D eigenvalue weighted by molar-refractivity contribution is 7.41. The number of carbonyl (C=O) groups excluding carboxylic acids is 1. The summed E-state index contributed by atoms with van der Waals surface area (Å²) in [7, 11) is -1.45. The summed E-state index contributed by atoms with van der Waals surface area (Å²) in [6.07, 6.45) is 1.54. The summed E-state index contributed by atoms with van der Waals surface area (Å²) in [6.45, 7) is 20.5. The number of piperazine rings is 1. The Morgan fingerprint density at radius 1 is 1.05 bits per heavy atom. The van der Waals surface area contributed by atoms with E-state index in [1.54, 1.807) is 12.3 Å². The number of carbonyl (C=O) groups is 1. The van der Waals surface area contributed by atoms with Gasteiger partial charge in [0.25, 0.3) is 5.91 Å². The highest BCUT2D eigenvalue weighted by atomic mass is 35.5. The largest absolute Gasteiger partial charge is 0.354 e. The quantitative estimate of drug-likeness (QED) is 0.204. The zero-order valence-corrected chi connectivity index (χ0v) is 29.2. The van der Waals surface area contributed by atoms with Crippen LogP contribution in [0.2, 0.25) is 5.02 Å². The Morgan fingerprint density at radius 2 is 1.73 bits per heavy atom. The molecule has 4 rings (SSSR count). The van der Waals surface area contributed by atoms with Crippen LogP contribution in [0.25, 0.3) is 0 Å². The first-order chi connectivity index (χ1) is 20.6. The average molecular weight is 664 g/mol. The van der Waals surface area contributed by atoms with Gasteiger partial charge in [-0.3, -0.25) is 9.69 Å². The summed E-state index contributed by atoms with van der Waals surface area (Å²) >= 11 is 7.52. The number of para-hydroxylation sites is 1. The molecule has 3 heterocycles. The minimum absolute atomic E-state index is 0.269. The van der Waals surface area contributed by atoms with Gasteiger partial charge in [-0.1, -0.05) is 35.1 Å². The van der Waals surface area contributed by atoms with Crippen LogP contribution in [0.15, 0.2) is 30.5 Å². The van der Waals surface area contributed by atoms with Gasteiger partial charge < -0.3 is 29.1 Å². The van der Waals surface area contributed by atoms with Crippen molar-refractivity contribution in [1.29, 1.82) is 0 Å². The number of nitrogens with one attached hydrogen (secondary N) is 2. The molecule has 1 fully saturated rings. The fraction of sp³-hybridized carbons (Fsp3) is 0.533. The number of amides is 1. The molecule has 2 aromatic heterocycles. The predicted molar refractivity (Wildman–Crippen MR) is 180 cm³/mol. The number of aryl methyl sites for hydroxylation is 2. The fourth-order valence-corrected chi connectivity index (χ4v) is 6.51. The second-order valence-electron chi connectivity index (χ2n) is 12.5. The number of aromatic nitrogens is 3. The summed E-state index contributed by atoms with van der Waals surface area (Å²) in [5.41, 5.74) is 0.787. The van der Waals surface area contributed by atoms with Crippen LogP contribution >= 0.6 is 31.5 Å². The van der Waals surface area contributed by atoms with Crippen LogP contribution in [0, 0.1) is 13.8 Å². The van der Waals surface area contributed by atoms with E-state index in [0.717, 1.165) is 44.1 Å². The first-order valence-electron chi connectivity index (χ1n) is 14.6. The molecule has 0 spiro atoms. The highest BCUT2D eigenvalue weighted by Gasteiger charge is 2.28. The third-order valence-corrected chi connectivity index (χ3v) is 9.26. The van der Waals surface area contributed by atoms with Crippen LogP contribution in [0.3, 0.4) is 0 Å². The summed E-state index contributed by atoms with van der Waals surface area (Å²) in [5, 5.41) is 7.18. The van der Waals surface area contributed by atoms with Crippen molar-refractivity contribution < 1.29 is 18.4 Å². The number of rotatable bonds is 11. The second kappa shape index (κ2) is 14.8. The van der Waals surface area contributed by atoms with E-state index in [2.05, 4.69) is 35.4 Å². The zero-order valence-electron chi connectivity index (χ0n) is 26.7. The molecule has 0 aliphatic carbocycles. The van der Waals surface area contributed by atoms with Crippen LogP contribution in [0.5, 0.6) is 0 Å². The number of halogens is 1. The third kappa shape index (κ3) is 10.6. The van der Waals surface area contributed by atoms with Crippen LogP contribution in [-0.4, -0.2) is 76.3 Å². The van der Waals surface area contributed by atoms with Crippen molar-refractivity contribution >= 4 is 59.9 Å². The average Bonchev–Trinajstić information content (AvgIpc) is 3.37. The van der Waals surface area contributed by atoms with E-state index in [1.807, 2.05) is 73.6 Å². The van der Waals surface area contributed by atoms with Gasteiger partial charge in [0, 0.05) is 38.8 Å². The summed E-state index contributed by atoms with van der Waals surface area (Å²) in [4.78, 5) is 31.5. The smallest absolute Gasteiger partial charge is 0.333 e. The number of anilines is 4. The maximum absolute atomic E-state index is 12.9. The van der Waals surface area contributed by atoms with Crippen LogP contribution < -0.4 is 15.5 Å². The molecule has 0 atom stereocenters. The molecule has 11 nitrogen and oxygen atoms in total. The number of nitrogens with zero attached hydrogens (tertiary/aromatic N) is 5. The summed E-state index contributed by atoms with van der Waals surface area (Å²) in [5.74, 6) is 1.85. The second-order valence-corrected chi connectivity index (χ2v) is 15.0. The molecule has 1 aromatic carbocycles. The van der Waals surface area contributed by atoms with Crippen molar-refractivity contribution in [2.75, 3.05) is 54.9 Å². The SMILES string of the molecule is Cc1nc(Nc2ncc(C(=O)Nc3c(C)cccc3Cl)s2)cc(N2CCN(CCOP(OC(C)(C)C)OC(C)(C)C)CC2)n1. The van der Waals surface area contributed by atoms with Crippen molar-refractivity contribution in [2.45, 2.75) is 66.6 Å². The Kier molecular flexibility index (Phi) is 11.6. The lowest BCUT2D eigenvalue weighted by atomic mass is 10.2. The summed E-state index contributed by atoms with van der Waals surface area (Å²) in [6, 6.07) is 7.41. The number of thiazole rings is 1. The van der Waals surface area contributed by atoms with Crippen LogP contribution in [0.1, 0.15) is 62.6 Å². The maximum Gasteiger partial charge on any atom is 0.333 e. The monoisotopic (exact) mass is 663 g/mol. The van der Waals surface area contributed by atoms with Crippen molar-refractivity contribution in [3.8, 4) is 0 Å². The minimum atomic E-state index is -1.45. The zero-order chi connectivity index (χ0) is 32.1. The lowest BCUT2D eigenvalue weighted by Gasteiger charge is -2.36. The number of hydrogen-bond donors (Lipinski definition) is 2. The van der Waals surface area contributed by atoms with Crippen molar-refractivity contribution in [3.63, 3.8) is 0 Å². The molecular formula is C30H43ClN7O4PS. The summed E-state index contributed by atoms with van der Waals surface area (Å²) < 4.78 is 18.1. The molecule has 44 heavy (non-hydrogen) atoms. The Hall–Kier alpha value is -2.44. The van der Waals surface area contributed by atoms with Gasteiger partial charge in [0.05, 0.1) is 34.7 Å². The molecule has 240 valence electrons.